The molecule has 0 aliphatic heterocycles. The van der Waals surface area contributed by atoms with Crippen LogP contribution in [-0.2, 0) is 22.8 Å². The second-order valence-electron chi connectivity index (χ2n) is 4.91. The smallest absolute Gasteiger partial charge is 0.152 e. The predicted molar refractivity (Wildman–Crippen MR) is 81.4 cm³/mol. The van der Waals surface area contributed by atoms with Crippen molar-refractivity contribution in [1.29, 1.82) is 0 Å². The molecule has 2 aromatic rings. The van der Waals surface area contributed by atoms with Crippen molar-refractivity contribution in [3.05, 3.63) is 30.1 Å². The molecule has 2 rings (SSSR count). The number of sulfone groups is 1. The Kier molecular flexibility index (Phi) is 4.77. The Hall–Kier alpha value is -1.40. The average molecular weight is 295 g/mol. The van der Waals surface area contributed by atoms with Gasteiger partial charge in [-0.15, -0.1) is 0 Å². The fraction of sp³-hybridized carbons (Fsp3) is 0.500. The van der Waals surface area contributed by atoms with E-state index in [1.807, 2.05) is 29.8 Å². The summed E-state index contributed by atoms with van der Waals surface area (Å²) in [4.78, 5) is 4.36. The van der Waals surface area contributed by atoms with Gasteiger partial charge in [0.15, 0.2) is 9.84 Å². The summed E-state index contributed by atoms with van der Waals surface area (Å²) >= 11 is 0. The van der Waals surface area contributed by atoms with Crippen LogP contribution in [0.5, 0.6) is 0 Å². The number of pyridine rings is 1. The van der Waals surface area contributed by atoms with Crippen LogP contribution in [0.4, 0.5) is 0 Å². The van der Waals surface area contributed by atoms with Crippen LogP contribution in [0.2, 0.25) is 0 Å². The van der Waals surface area contributed by atoms with Gasteiger partial charge in [0, 0.05) is 30.1 Å². The van der Waals surface area contributed by atoms with E-state index in [1.54, 1.807) is 6.20 Å². The minimum absolute atomic E-state index is 0.156. The molecule has 2 aromatic heterocycles. The molecule has 0 radical (unpaired) electrons. The van der Waals surface area contributed by atoms with E-state index >= 15 is 0 Å². The summed E-state index contributed by atoms with van der Waals surface area (Å²) in [7, 11) is -2.97. The fourth-order valence-electron chi connectivity index (χ4n) is 2.37. The highest BCUT2D eigenvalue weighted by Crippen LogP contribution is 2.19. The Balaban J connectivity index is 2.26. The van der Waals surface area contributed by atoms with Gasteiger partial charge in [-0.2, -0.15) is 0 Å². The van der Waals surface area contributed by atoms with Crippen molar-refractivity contribution in [2.45, 2.75) is 26.3 Å². The van der Waals surface area contributed by atoms with Crippen LogP contribution in [0, 0.1) is 0 Å². The summed E-state index contributed by atoms with van der Waals surface area (Å²) < 4.78 is 25.6. The van der Waals surface area contributed by atoms with Gasteiger partial charge in [0.25, 0.3) is 0 Å². The molecule has 5 nitrogen and oxygen atoms in total. The molecule has 110 valence electrons. The molecule has 0 unspecified atom stereocenters. The number of rotatable bonds is 7. The van der Waals surface area contributed by atoms with E-state index in [-0.39, 0.29) is 11.5 Å². The lowest BCUT2D eigenvalue weighted by molar-refractivity contribution is 0.588. The number of hydrogen-bond acceptors (Lipinski definition) is 4. The third kappa shape index (κ3) is 3.37. The first kappa shape index (κ1) is 15.0. The second kappa shape index (κ2) is 6.37. The summed E-state index contributed by atoms with van der Waals surface area (Å²) in [5, 5.41) is 1.06. The van der Waals surface area contributed by atoms with Crippen LogP contribution in [0.1, 0.15) is 18.9 Å². The third-order valence-corrected chi connectivity index (χ3v) is 5.12. The van der Waals surface area contributed by atoms with E-state index in [0.717, 1.165) is 23.0 Å². The highest BCUT2D eigenvalue weighted by molar-refractivity contribution is 7.91. The van der Waals surface area contributed by atoms with E-state index < -0.39 is 9.84 Å². The van der Waals surface area contributed by atoms with Crippen LogP contribution in [0.25, 0.3) is 11.0 Å². The van der Waals surface area contributed by atoms with E-state index in [2.05, 4.69) is 4.98 Å². The molecule has 0 spiro atoms. The van der Waals surface area contributed by atoms with Gasteiger partial charge in [0.1, 0.15) is 5.65 Å². The maximum Gasteiger partial charge on any atom is 0.152 e. The Morgan fingerprint density at radius 1 is 1.35 bits per heavy atom. The fourth-order valence-corrected chi connectivity index (χ4v) is 3.67. The summed E-state index contributed by atoms with van der Waals surface area (Å²) in [6.07, 6.45) is 5.14. The van der Waals surface area contributed by atoms with Crippen molar-refractivity contribution in [2.75, 3.05) is 18.1 Å². The minimum Gasteiger partial charge on any atom is -0.331 e. The zero-order chi connectivity index (χ0) is 14.6. The maximum atomic E-state index is 11.8. The molecule has 0 aromatic carbocycles. The molecule has 0 bridgehead atoms. The molecule has 0 saturated carbocycles. The van der Waals surface area contributed by atoms with Crippen LogP contribution in [0.15, 0.2) is 24.5 Å². The van der Waals surface area contributed by atoms with Gasteiger partial charge in [-0.1, -0.05) is 6.92 Å². The van der Waals surface area contributed by atoms with Gasteiger partial charge in [0.05, 0.1) is 5.75 Å². The molecular weight excluding hydrogens is 274 g/mol. The number of hydrogen-bond donors (Lipinski definition) is 1. The lowest BCUT2D eigenvalue weighted by Gasteiger charge is -2.05. The SMILES string of the molecule is CCCS(=O)(=O)CCn1cc(CCN)c2cccnc21. The molecule has 0 atom stereocenters. The molecule has 0 saturated heterocycles. The zero-order valence-electron chi connectivity index (χ0n) is 11.7. The van der Waals surface area contributed by atoms with Crippen LogP contribution < -0.4 is 5.73 Å². The lowest BCUT2D eigenvalue weighted by atomic mass is 10.2. The molecule has 0 amide bonds. The average Bonchev–Trinajstić information content (AvgIpc) is 2.76. The number of aryl methyl sites for hydroxylation is 1. The maximum absolute atomic E-state index is 11.8. The Labute approximate surface area is 119 Å². The normalized spacial score (nSPS) is 12.1. The first-order chi connectivity index (χ1) is 9.57. The Morgan fingerprint density at radius 2 is 2.15 bits per heavy atom. The Morgan fingerprint density at radius 3 is 2.85 bits per heavy atom. The van der Waals surface area contributed by atoms with Gasteiger partial charge in [0.2, 0.25) is 0 Å². The van der Waals surface area contributed by atoms with E-state index in [0.29, 0.717) is 19.5 Å². The van der Waals surface area contributed by atoms with Crippen LogP contribution in [0.3, 0.4) is 0 Å². The van der Waals surface area contributed by atoms with Gasteiger partial charge in [-0.05, 0) is 37.1 Å². The van der Waals surface area contributed by atoms with Crippen molar-refractivity contribution in [2.24, 2.45) is 5.73 Å². The predicted octanol–water partition coefficient (Wildman–Crippen LogP) is 1.36. The molecule has 20 heavy (non-hydrogen) atoms. The second-order valence-corrected chi connectivity index (χ2v) is 7.22. The first-order valence-electron chi connectivity index (χ1n) is 6.90. The van der Waals surface area contributed by atoms with Crippen molar-refractivity contribution >= 4 is 20.9 Å². The Bertz CT molecular complexity index is 677. The molecule has 2 N–H and O–H groups in total. The van der Waals surface area contributed by atoms with Crippen molar-refractivity contribution < 1.29 is 8.42 Å². The molecule has 2 heterocycles. The number of fused-ring (bicyclic) bond motifs is 1. The summed E-state index contributed by atoms with van der Waals surface area (Å²) in [5.74, 6) is 0.401. The third-order valence-electron chi connectivity index (χ3n) is 3.29. The monoisotopic (exact) mass is 295 g/mol. The van der Waals surface area contributed by atoms with E-state index in [9.17, 15) is 8.42 Å². The molecule has 0 aliphatic rings. The summed E-state index contributed by atoms with van der Waals surface area (Å²) in [6.45, 7) is 2.89. The van der Waals surface area contributed by atoms with Crippen LogP contribution in [-0.4, -0.2) is 36.0 Å². The molecule has 0 fully saturated rings. The van der Waals surface area contributed by atoms with Gasteiger partial charge >= 0.3 is 0 Å². The van der Waals surface area contributed by atoms with Crippen LogP contribution >= 0.6 is 0 Å². The van der Waals surface area contributed by atoms with Gasteiger partial charge in [-0.3, -0.25) is 0 Å². The topological polar surface area (TPSA) is 78.0 Å². The summed E-state index contributed by atoms with van der Waals surface area (Å²) in [6, 6.07) is 3.89. The standard InChI is InChI=1S/C14H21N3O2S/c1-2-9-20(18,19)10-8-17-11-12(5-6-15)13-4-3-7-16-14(13)17/h3-4,7,11H,2,5-6,8-10,15H2,1H3. The molecule has 6 heteroatoms. The van der Waals surface area contributed by atoms with Gasteiger partial charge < -0.3 is 10.3 Å². The number of nitrogens with two attached hydrogens (primary N) is 1. The quantitative estimate of drug-likeness (QED) is 0.836. The molecular formula is C14H21N3O2S. The van der Waals surface area contributed by atoms with Crippen molar-refractivity contribution in [3.63, 3.8) is 0 Å². The summed E-state index contributed by atoms with van der Waals surface area (Å²) in [5.41, 5.74) is 7.58. The number of aromatic nitrogens is 2. The van der Waals surface area contributed by atoms with E-state index in [4.69, 9.17) is 5.73 Å². The highest BCUT2D eigenvalue weighted by atomic mass is 32.2. The van der Waals surface area contributed by atoms with Crippen molar-refractivity contribution in [1.82, 2.24) is 9.55 Å². The number of nitrogens with zero attached hydrogens (tertiary/aromatic N) is 2. The highest BCUT2D eigenvalue weighted by Gasteiger charge is 2.13. The molecule has 0 aliphatic carbocycles. The lowest BCUT2D eigenvalue weighted by Crippen LogP contribution is -2.15. The minimum atomic E-state index is -2.97. The largest absolute Gasteiger partial charge is 0.331 e. The first-order valence-corrected chi connectivity index (χ1v) is 8.72. The van der Waals surface area contributed by atoms with E-state index in [1.165, 1.54) is 0 Å². The zero-order valence-corrected chi connectivity index (χ0v) is 12.6. The van der Waals surface area contributed by atoms with Crippen molar-refractivity contribution in [3.8, 4) is 0 Å². The van der Waals surface area contributed by atoms with Gasteiger partial charge in [-0.25, -0.2) is 13.4 Å².